The molecule has 3 atom stereocenters. The van der Waals surface area contributed by atoms with Gasteiger partial charge in [-0.3, -0.25) is 0 Å². The quantitative estimate of drug-likeness (QED) is 0.690. The Morgan fingerprint density at radius 2 is 2.12 bits per heavy atom. The van der Waals surface area contributed by atoms with Crippen LogP contribution in [0.2, 0.25) is 0 Å². The monoisotopic (exact) mass is 221 g/mol. The van der Waals surface area contributed by atoms with E-state index in [0.717, 1.165) is 12.5 Å². The number of hydrogen-bond donors (Lipinski definition) is 2. The molecular weight excluding hydrogens is 198 g/mol. The van der Waals surface area contributed by atoms with Crippen LogP contribution >= 0.6 is 0 Å². The smallest absolute Gasteiger partial charge is 0.0359 e. The van der Waals surface area contributed by atoms with Crippen molar-refractivity contribution in [3.05, 3.63) is 12.2 Å². The summed E-state index contributed by atoms with van der Waals surface area (Å²) in [4.78, 5) is 2.59. The molecule has 0 amide bonds. The van der Waals surface area contributed by atoms with E-state index in [1.807, 2.05) is 0 Å². The maximum atomic E-state index is 6.10. The van der Waals surface area contributed by atoms with Gasteiger partial charge in [-0.2, -0.15) is 0 Å². The fraction of sp³-hybridized carbons (Fsp3) is 0.846. The van der Waals surface area contributed by atoms with Crippen molar-refractivity contribution in [3.63, 3.8) is 0 Å². The second-order valence-electron chi connectivity index (χ2n) is 5.68. The second kappa shape index (κ2) is 4.13. The Kier molecular flexibility index (Phi) is 2.78. The molecule has 3 heteroatoms. The van der Waals surface area contributed by atoms with Gasteiger partial charge < -0.3 is 16.0 Å². The van der Waals surface area contributed by atoms with Gasteiger partial charge in [0.1, 0.15) is 0 Å². The van der Waals surface area contributed by atoms with Gasteiger partial charge in [0.15, 0.2) is 0 Å². The van der Waals surface area contributed by atoms with Gasteiger partial charge in [0.25, 0.3) is 0 Å². The Hall–Kier alpha value is -0.380. The van der Waals surface area contributed by atoms with Crippen molar-refractivity contribution in [1.82, 2.24) is 10.2 Å². The van der Waals surface area contributed by atoms with Gasteiger partial charge in [-0.15, -0.1) is 0 Å². The zero-order chi connectivity index (χ0) is 11.0. The molecule has 0 saturated carbocycles. The molecule has 3 N–H and O–H groups in total. The number of rotatable bonds is 3. The highest BCUT2D eigenvalue weighted by molar-refractivity contribution is 5.08. The van der Waals surface area contributed by atoms with Crippen LogP contribution in [0.5, 0.6) is 0 Å². The summed E-state index contributed by atoms with van der Waals surface area (Å²) in [5.41, 5.74) is 6.34. The standard InChI is InChI=1S/C13H23N3/c14-10-13(15-12-3-1-2-4-12)6-8-16-7-5-11(13)9-16/h1-2,11-12,15H,3-10,14H2. The van der Waals surface area contributed by atoms with E-state index in [0.29, 0.717) is 6.04 Å². The maximum absolute atomic E-state index is 6.10. The van der Waals surface area contributed by atoms with Crippen LogP contribution in [0, 0.1) is 5.92 Å². The van der Waals surface area contributed by atoms with Crippen LogP contribution in [0.4, 0.5) is 0 Å². The zero-order valence-corrected chi connectivity index (χ0v) is 9.99. The summed E-state index contributed by atoms with van der Waals surface area (Å²) in [7, 11) is 0. The van der Waals surface area contributed by atoms with Gasteiger partial charge in [0, 0.05) is 24.7 Å². The number of hydrogen-bond acceptors (Lipinski definition) is 3. The van der Waals surface area contributed by atoms with Crippen LogP contribution < -0.4 is 11.1 Å². The molecule has 0 spiro atoms. The second-order valence-corrected chi connectivity index (χ2v) is 5.68. The van der Waals surface area contributed by atoms with Crippen molar-refractivity contribution >= 4 is 0 Å². The third kappa shape index (κ3) is 1.71. The highest BCUT2D eigenvalue weighted by Crippen LogP contribution is 2.36. The molecule has 1 aliphatic carbocycles. The number of nitrogens with two attached hydrogens (primary N) is 1. The Morgan fingerprint density at radius 3 is 2.88 bits per heavy atom. The van der Waals surface area contributed by atoms with Crippen LogP contribution in [-0.4, -0.2) is 42.7 Å². The first-order valence-corrected chi connectivity index (χ1v) is 6.67. The summed E-state index contributed by atoms with van der Waals surface area (Å²) in [6.45, 7) is 4.60. The Labute approximate surface area is 98.1 Å². The highest BCUT2D eigenvalue weighted by atomic mass is 15.2. The van der Waals surface area contributed by atoms with E-state index in [4.69, 9.17) is 5.73 Å². The molecule has 2 heterocycles. The fourth-order valence-electron chi connectivity index (χ4n) is 3.71. The topological polar surface area (TPSA) is 41.3 Å². The molecule has 2 saturated heterocycles. The molecule has 3 rings (SSSR count). The van der Waals surface area contributed by atoms with E-state index in [2.05, 4.69) is 22.4 Å². The first-order valence-electron chi connectivity index (χ1n) is 6.67. The van der Waals surface area contributed by atoms with E-state index < -0.39 is 0 Å². The summed E-state index contributed by atoms with van der Waals surface area (Å²) < 4.78 is 0. The third-order valence-electron chi connectivity index (χ3n) is 4.79. The predicted molar refractivity (Wildman–Crippen MR) is 66.2 cm³/mol. The fourth-order valence-corrected chi connectivity index (χ4v) is 3.71. The van der Waals surface area contributed by atoms with Gasteiger partial charge in [0.2, 0.25) is 0 Å². The van der Waals surface area contributed by atoms with Gasteiger partial charge in [0.05, 0.1) is 0 Å². The summed E-state index contributed by atoms with van der Waals surface area (Å²) in [5.74, 6) is 0.784. The van der Waals surface area contributed by atoms with Crippen LogP contribution in [0.1, 0.15) is 25.7 Å². The highest BCUT2D eigenvalue weighted by Gasteiger charge is 2.45. The molecule has 2 fully saturated rings. The molecule has 3 nitrogen and oxygen atoms in total. The first-order chi connectivity index (χ1) is 7.82. The maximum Gasteiger partial charge on any atom is 0.0359 e. The average molecular weight is 221 g/mol. The van der Waals surface area contributed by atoms with Crippen molar-refractivity contribution in [1.29, 1.82) is 0 Å². The molecule has 16 heavy (non-hydrogen) atoms. The van der Waals surface area contributed by atoms with Gasteiger partial charge in [-0.1, -0.05) is 12.2 Å². The Morgan fingerprint density at radius 1 is 1.31 bits per heavy atom. The molecular formula is C13H23N3. The lowest BCUT2D eigenvalue weighted by Crippen LogP contribution is -2.62. The van der Waals surface area contributed by atoms with Gasteiger partial charge >= 0.3 is 0 Å². The summed E-state index contributed by atoms with van der Waals surface area (Å²) in [6, 6.07) is 0.649. The summed E-state index contributed by atoms with van der Waals surface area (Å²) >= 11 is 0. The number of nitrogens with one attached hydrogen (secondary N) is 1. The lowest BCUT2D eigenvalue weighted by molar-refractivity contribution is 0.124. The van der Waals surface area contributed by atoms with Crippen molar-refractivity contribution in [2.24, 2.45) is 11.7 Å². The third-order valence-corrected chi connectivity index (χ3v) is 4.79. The SMILES string of the molecule is NCC1(NC2CC=CC2)CCN2CCC1C2. The van der Waals surface area contributed by atoms with Crippen LogP contribution in [0.25, 0.3) is 0 Å². The van der Waals surface area contributed by atoms with Crippen LogP contribution in [0.3, 0.4) is 0 Å². The van der Waals surface area contributed by atoms with E-state index in [9.17, 15) is 0 Å². The van der Waals surface area contributed by atoms with E-state index >= 15 is 0 Å². The minimum absolute atomic E-state index is 0.240. The molecule has 3 unspecified atom stereocenters. The number of nitrogens with zero attached hydrogens (tertiary/aromatic N) is 1. The largest absolute Gasteiger partial charge is 0.329 e. The lowest BCUT2D eigenvalue weighted by atomic mass is 9.78. The normalized spacial score (nSPS) is 43.1. The molecule has 2 aliphatic heterocycles. The minimum atomic E-state index is 0.240. The van der Waals surface area contributed by atoms with Crippen molar-refractivity contribution in [2.45, 2.75) is 37.3 Å². The lowest BCUT2D eigenvalue weighted by Gasteiger charge is -2.45. The predicted octanol–water partition coefficient (Wildman–Crippen LogP) is 0.718. The van der Waals surface area contributed by atoms with Gasteiger partial charge in [-0.25, -0.2) is 0 Å². The molecule has 3 aliphatic rings. The van der Waals surface area contributed by atoms with Crippen LogP contribution in [0.15, 0.2) is 12.2 Å². The van der Waals surface area contributed by atoms with E-state index in [1.165, 1.54) is 45.3 Å². The summed E-state index contributed by atoms with van der Waals surface area (Å²) in [5, 5.41) is 3.89. The van der Waals surface area contributed by atoms with Crippen molar-refractivity contribution in [2.75, 3.05) is 26.2 Å². The zero-order valence-electron chi connectivity index (χ0n) is 9.99. The van der Waals surface area contributed by atoms with Crippen LogP contribution in [-0.2, 0) is 0 Å². The molecule has 0 aromatic carbocycles. The first kappa shape index (κ1) is 10.8. The molecule has 0 radical (unpaired) electrons. The molecule has 0 aromatic rings. The summed E-state index contributed by atoms with van der Waals surface area (Å²) in [6.07, 6.45) is 9.56. The van der Waals surface area contributed by atoms with Gasteiger partial charge in [-0.05, 0) is 44.7 Å². The molecule has 2 bridgehead atoms. The van der Waals surface area contributed by atoms with E-state index in [-0.39, 0.29) is 5.54 Å². The van der Waals surface area contributed by atoms with Crippen molar-refractivity contribution < 1.29 is 0 Å². The minimum Gasteiger partial charge on any atom is -0.329 e. The Bertz CT molecular complexity index is 281. The van der Waals surface area contributed by atoms with Crippen molar-refractivity contribution in [3.8, 4) is 0 Å². The molecule has 0 aromatic heterocycles. The number of piperidine rings is 1. The molecule has 90 valence electrons. The number of fused-ring (bicyclic) bond motifs is 2. The average Bonchev–Trinajstić information content (AvgIpc) is 2.93. The van der Waals surface area contributed by atoms with E-state index in [1.54, 1.807) is 0 Å². The Balaban J connectivity index is 1.71.